The first kappa shape index (κ1) is 22.5. The van der Waals surface area contributed by atoms with Gasteiger partial charge in [0.05, 0.1) is 19.6 Å². The molecule has 172 valence electrons. The minimum absolute atomic E-state index is 0.138. The van der Waals surface area contributed by atoms with Crippen molar-refractivity contribution in [1.82, 2.24) is 19.4 Å². The van der Waals surface area contributed by atoms with Crippen molar-refractivity contribution in [3.8, 4) is 5.88 Å². The van der Waals surface area contributed by atoms with Gasteiger partial charge in [-0.3, -0.25) is 24.2 Å². The molecule has 0 aliphatic carbocycles. The molecule has 0 spiro atoms. The summed E-state index contributed by atoms with van der Waals surface area (Å²) in [6.45, 7) is 1.01. The van der Waals surface area contributed by atoms with Gasteiger partial charge in [0.1, 0.15) is 0 Å². The van der Waals surface area contributed by atoms with E-state index in [2.05, 4.69) is 15.6 Å². The molecule has 9 nitrogen and oxygen atoms in total. The van der Waals surface area contributed by atoms with Gasteiger partial charge in [-0.2, -0.15) is 0 Å². The highest BCUT2D eigenvalue weighted by Gasteiger charge is 2.35. The number of para-hydroxylation sites is 1. The smallest absolute Gasteiger partial charge is 0.305 e. The molecule has 0 radical (unpaired) electrons. The zero-order valence-corrected chi connectivity index (χ0v) is 18.6. The number of methoxy groups -OCH3 is 1. The summed E-state index contributed by atoms with van der Waals surface area (Å²) in [6, 6.07) is 11.3. The summed E-state index contributed by atoms with van der Waals surface area (Å²) in [5.74, 6) is -0.873. The Morgan fingerprint density at radius 2 is 2.06 bits per heavy atom. The number of carbonyl (C=O) groups excluding carboxylic acids is 2. The molecule has 0 bridgehead atoms. The van der Waals surface area contributed by atoms with Gasteiger partial charge in [0.15, 0.2) is 0 Å². The number of likely N-dealkylation sites (N-methyl/N-ethyl adjacent to an activating group) is 1. The Morgan fingerprint density at radius 3 is 2.73 bits per heavy atom. The molecule has 2 aromatic heterocycles. The quantitative estimate of drug-likeness (QED) is 0.523. The fourth-order valence-electron chi connectivity index (χ4n) is 4.42. The summed E-state index contributed by atoms with van der Waals surface area (Å²) < 4.78 is 7.40. The fourth-order valence-corrected chi connectivity index (χ4v) is 4.42. The average molecular weight is 450 g/mol. The summed E-state index contributed by atoms with van der Waals surface area (Å²) in [6.07, 6.45) is 2.38. The number of rotatable bonds is 8. The van der Waals surface area contributed by atoms with E-state index in [0.29, 0.717) is 31.8 Å². The lowest BCUT2D eigenvalue weighted by Crippen LogP contribution is -2.50. The van der Waals surface area contributed by atoms with Gasteiger partial charge in [0.2, 0.25) is 18.2 Å². The molecule has 0 fully saturated rings. The topological polar surface area (TPSA) is 105 Å². The molecule has 1 unspecified atom stereocenters. The predicted molar refractivity (Wildman–Crippen MR) is 121 cm³/mol. The number of fused-ring (bicyclic) bond motifs is 3. The Hall–Kier alpha value is -3.72. The number of amides is 2. The Morgan fingerprint density at radius 1 is 1.27 bits per heavy atom. The lowest BCUT2D eigenvalue weighted by Gasteiger charge is -2.34. The maximum absolute atomic E-state index is 13.1. The van der Waals surface area contributed by atoms with E-state index < -0.39 is 12.0 Å². The van der Waals surface area contributed by atoms with Crippen LogP contribution in [0.5, 0.6) is 5.88 Å². The summed E-state index contributed by atoms with van der Waals surface area (Å²) >= 11 is 0. The van der Waals surface area contributed by atoms with Crippen LogP contribution in [0.3, 0.4) is 0 Å². The van der Waals surface area contributed by atoms with Crippen LogP contribution >= 0.6 is 0 Å². The van der Waals surface area contributed by atoms with Crippen molar-refractivity contribution in [2.24, 2.45) is 0 Å². The first-order valence-electron chi connectivity index (χ1n) is 10.7. The lowest BCUT2D eigenvalue weighted by atomic mass is 9.96. The van der Waals surface area contributed by atoms with E-state index in [0.717, 1.165) is 32.6 Å². The molecule has 2 amide bonds. The SMILES string of the molecule is COc1ccc(Cn2c3c(c4ccccc42)CC(C(=O)N(C=O)CCC(=O)O)N(C)C3)cn1. The van der Waals surface area contributed by atoms with E-state index in [1.807, 2.05) is 42.3 Å². The van der Waals surface area contributed by atoms with Crippen molar-refractivity contribution in [3.63, 3.8) is 0 Å². The van der Waals surface area contributed by atoms with Gasteiger partial charge in [-0.05, 0) is 30.7 Å². The zero-order valence-electron chi connectivity index (χ0n) is 18.6. The van der Waals surface area contributed by atoms with Gasteiger partial charge in [0.25, 0.3) is 0 Å². The molecule has 1 aromatic carbocycles. The van der Waals surface area contributed by atoms with E-state index in [9.17, 15) is 14.4 Å². The van der Waals surface area contributed by atoms with Crippen molar-refractivity contribution < 1.29 is 24.2 Å². The molecule has 4 rings (SSSR count). The molecule has 33 heavy (non-hydrogen) atoms. The molecule has 1 atom stereocenters. The number of hydrogen-bond acceptors (Lipinski definition) is 6. The molecule has 1 aliphatic rings. The molecule has 0 saturated carbocycles. The van der Waals surface area contributed by atoms with E-state index in [1.165, 1.54) is 0 Å². The number of aromatic nitrogens is 2. The van der Waals surface area contributed by atoms with Crippen molar-refractivity contribution in [1.29, 1.82) is 0 Å². The largest absolute Gasteiger partial charge is 0.481 e. The maximum Gasteiger partial charge on any atom is 0.305 e. The third kappa shape index (κ3) is 4.45. The Balaban J connectivity index is 1.67. The molecule has 3 heterocycles. The zero-order chi connectivity index (χ0) is 23.5. The highest BCUT2D eigenvalue weighted by Crippen LogP contribution is 2.33. The van der Waals surface area contributed by atoms with Crippen molar-refractivity contribution in [2.75, 3.05) is 20.7 Å². The van der Waals surface area contributed by atoms with Gasteiger partial charge in [-0.1, -0.05) is 24.3 Å². The first-order valence-corrected chi connectivity index (χ1v) is 10.7. The van der Waals surface area contributed by atoms with Crippen LogP contribution in [0, 0.1) is 0 Å². The van der Waals surface area contributed by atoms with Crippen molar-refractivity contribution >= 4 is 29.2 Å². The Kier molecular flexibility index (Phi) is 6.41. The van der Waals surface area contributed by atoms with E-state index in [4.69, 9.17) is 9.84 Å². The number of benzene rings is 1. The highest BCUT2D eigenvalue weighted by atomic mass is 16.5. The van der Waals surface area contributed by atoms with E-state index >= 15 is 0 Å². The average Bonchev–Trinajstić information content (AvgIpc) is 3.11. The number of carboxylic acids is 1. The van der Waals surface area contributed by atoms with Crippen LogP contribution in [0.4, 0.5) is 0 Å². The summed E-state index contributed by atoms with van der Waals surface area (Å²) in [5.41, 5.74) is 4.29. The summed E-state index contributed by atoms with van der Waals surface area (Å²) in [4.78, 5) is 42.7. The number of pyridine rings is 1. The van der Waals surface area contributed by atoms with Crippen LogP contribution in [-0.2, 0) is 33.9 Å². The van der Waals surface area contributed by atoms with Crippen LogP contribution in [-0.4, -0.2) is 69.5 Å². The van der Waals surface area contributed by atoms with Crippen LogP contribution in [0.25, 0.3) is 10.9 Å². The van der Waals surface area contributed by atoms with Crippen molar-refractivity contribution in [3.05, 3.63) is 59.4 Å². The van der Waals surface area contributed by atoms with E-state index in [1.54, 1.807) is 13.3 Å². The van der Waals surface area contributed by atoms with E-state index in [-0.39, 0.29) is 18.9 Å². The van der Waals surface area contributed by atoms with Crippen LogP contribution in [0.1, 0.15) is 23.2 Å². The summed E-state index contributed by atoms with van der Waals surface area (Å²) in [7, 11) is 3.43. The molecule has 9 heteroatoms. The second-order valence-corrected chi connectivity index (χ2v) is 8.15. The van der Waals surface area contributed by atoms with Gasteiger partial charge >= 0.3 is 5.97 Å². The molecular weight excluding hydrogens is 424 g/mol. The van der Waals surface area contributed by atoms with Gasteiger partial charge in [-0.25, -0.2) is 4.98 Å². The van der Waals surface area contributed by atoms with Crippen molar-refractivity contribution in [2.45, 2.75) is 32.0 Å². The van der Waals surface area contributed by atoms with Gasteiger partial charge < -0.3 is 14.4 Å². The highest BCUT2D eigenvalue weighted by molar-refractivity contribution is 5.93. The molecule has 1 aliphatic heterocycles. The molecule has 1 N–H and O–H groups in total. The normalized spacial score (nSPS) is 15.8. The van der Waals surface area contributed by atoms with Gasteiger partial charge in [-0.15, -0.1) is 0 Å². The second-order valence-electron chi connectivity index (χ2n) is 8.15. The number of carboxylic acid groups (broad SMARTS) is 1. The van der Waals surface area contributed by atoms with Crippen LogP contribution < -0.4 is 4.74 Å². The Labute approximate surface area is 191 Å². The third-order valence-corrected chi connectivity index (χ3v) is 6.13. The minimum atomic E-state index is -1.05. The monoisotopic (exact) mass is 450 g/mol. The number of ether oxygens (including phenoxy) is 1. The number of imide groups is 1. The number of carbonyl (C=O) groups is 3. The predicted octanol–water partition coefficient (Wildman–Crippen LogP) is 1.91. The van der Waals surface area contributed by atoms with Crippen LogP contribution in [0.2, 0.25) is 0 Å². The second kappa shape index (κ2) is 9.41. The molecule has 3 aromatic rings. The third-order valence-electron chi connectivity index (χ3n) is 6.13. The van der Waals surface area contributed by atoms with Crippen LogP contribution in [0.15, 0.2) is 42.6 Å². The summed E-state index contributed by atoms with van der Waals surface area (Å²) in [5, 5.41) is 10.00. The maximum atomic E-state index is 13.1. The lowest BCUT2D eigenvalue weighted by molar-refractivity contribution is -0.144. The van der Waals surface area contributed by atoms with Gasteiger partial charge in [0, 0.05) is 48.5 Å². The molecular formula is C24H26N4O5. The fraction of sp³-hybridized carbons (Fsp3) is 0.333. The standard InChI is InChI=1S/C24H26N4O5/c1-26-14-21-18(11-20(26)24(32)27(15-29)10-9-23(30)31)17-5-3-4-6-19(17)28(21)13-16-7-8-22(33-2)25-12-16/h3-8,12,15,20H,9-11,13-14H2,1-2H3,(H,30,31). The number of nitrogens with zero attached hydrogens (tertiary/aromatic N) is 4. The number of aliphatic carboxylic acids is 1. The minimum Gasteiger partial charge on any atom is -0.481 e. The number of hydrogen-bond donors (Lipinski definition) is 1. The first-order chi connectivity index (χ1) is 15.9. The Bertz CT molecular complexity index is 1190. The molecule has 0 saturated heterocycles.